The Morgan fingerprint density at radius 2 is 1.88 bits per heavy atom. The lowest BCUT2D eigenvalue weighted by molar-refractivity contribution is -0.264. The van der Waals surface area contributed by atoms with Crippen LogP contribution in [0.3, 0.4) is 0 Å². The van der Waals surface area contributed by atoms with Gasteiger partial charge in [0.1, 0.15) is 24.1 Å². The molecule has 1 aromatic carbocycles. The van der Waals surface area contributed by atoms with Gasteiger partial charge < -0.3 is 51.6 Å². The van der Waals surface area contributed by atoms with Gasteiger partial charge in [-0.25, -0.2) is 9.18 Å². The van der Waals surface area contributed by atoms with Crippen LogP contribution in [0.5, 0.6) is 0 Å². The Bertz CT molecular complexity index is 1680. The van der Waals surface area contributed by atoms with Crippen molar-refractivity contribution in [1.82, 2.24) is 19.9 Å². The molecular formula is C25H27ClFN7O9. The number of halogens is 2. The van der Waals surface area contributed by atoms with Crippen molar-refractivity contribution < 1.29 is 48.4 Å². The van der Waals surface area contributed by atoms with Gasteiger partial charge in [0.2, 0.25) is 0 Å². The van der Waals surface area contributed by atoms with Crippen molar-refractivity contribution in [3.63, 3.8) is 0 Å². The highest BCUT2D eigenvalue weighted by Gasteiger charge is 2.47. The summed E-state index contributed by atoms with van der Waals surface area (Å²) in [7, 11) is 0. The zero-order valence-electron chi connectivity index (χ0n) is 22.2. The molecule has 18 heteroatoms. The third kappa shape index (κ3) is 5.81. The van der Waals surface area contributed by atoms with Crippen LogP contribution in [0.25, 0.3) is 33.4 Å². The summed E-state index contributed by atoms with van der Waals surface area (Å²) in [6.07, 6.45) is -5.46. The van der Waals surface area contributed by atoms with Crippen LogP contribution in [0.15, 0.2) is 35.2 Å². The lowest BCUT2D eigenvalue weighted by Crippen LogP contribution is -2.64. The molecule has 6 atom stereocenters. The Morgan fingerprint density at radius 3 is 2.56 bits per heavy atom. The van der Waals surface area contributed by atoms with Gasteiger partial charge in [-0.2, -0.15) is 5.10 Å². The van der Waals surface area contributed by atoms with E-state index >= 15 is 0 Å². The van der Waals surface area contributed by atoms with E-state index in [9.17, 15) is 34.4 Å². The maximum absolute atomic E-state index is 15.0. The fourth-order valence-electron chi connectivity index (χ4n) is 4.81. The van der Waals surface area contributed by atoms with E-state index in [1.165, 1.54) is 36.3 Å². The number of nitrogen functional groups attached to an aromatic ring is 2. The number of rotatable bonds is 7. The molecule has 0 saturated carbocycles. The number of anilines is 2. The second-order valence-electron chi connectivity index (χ2n) is 9.69. The van der Waals surface area contributed by atoms with Crippen molar-refractivity contribution in [1.29, 1.82) is 0 Å². The van der Waals surface area contributed by atoms with Gasteiger partial charge in [-0.15, -0.1) is 12.4 Å². The van der Waals surface area contributed by atoms with Crippen molar-refractivity contribution in [3.8, 4) is 22.4 Å². The van der Waals surface area contributed by atoms with Gasteiger partial charge in [-0.3, -0.25) is 14.5 Å². The summed E-state index contributed by atoms with van der Waals surface area (Å²) in [6, 6.07) is 0.945. The number of hydrogen-bond donors (Lipinski definition) is 7. The standard InChI is InChI=1S/C25H26FN7O9.ClH/c1-8(34)10-2-11(13(26)3-14(10)27)18-16-21(42-32-23(16)29)12(5-30-18)9-4-31-33(6-9)7-15(40-25(38)39)22-20(36)19(35)17(28)24(37)41-22;/h2-6,15,17,19-20,22,24,35-37H,7,27-28H2,1H3,(H2,29,32)(H,38,39);1H/t15?,17-,19-,20+,22+,24?;/m1./s1. The summed E-state index contributed by atoms with van der Waals surface area (Å²) in [5, 5.41) is 47.9. The molecule has 1 fully saturated rings. The van der Waals surface area contributed by atoms with E-state index in [1.807, 2.05) is 0 Å². The first kappa shape index (κ1) is 31.5. The lowest BCUT2D eigenvalue weighted by atomic mass is 9.94. The van der Waals surface area contributed by atoms with Crippen LogP contribution in [-0.2, 0) is 16.0 Å². The van der Waals surface area contributed by atoms with Gasteiger partial charge in [-0.05, 0) is 19.1 Å². The zero-order valence-corrected chi connectivity index (χ0v) is 23.0. The van der Waals surface area contributed by atoms with Crippen LogP contribution in [0, 0.1) is 5.82 Å². The van der Waals surface area contributed by atoms with Crippen molar-refractivity contribution in [2.75, 3.05) is 11.5 Å². The molecule has 0 aliphatic carbocycles. The minimum absolute atomic E-state index is 0. The molecule has 1 saturated heterocycles. The number of aliphatic hydroxyl groups excluding tert-OH is 3. The number of hydrogen-bond acceptors (Lipinski definition) is 14. The quantitative estimate of drug-likeness (QED) is 0.0839. The average molecular weight is 624 g/mol. The molecule has 1 aliphatic heterocycles. The van der Waals surface area contributed by atoms with E-state index < -0.39 is 48.7 Å². The Hall–Kier alpha value is -4.39. The van der Waals surface area contributed by atoms with Gasteiger partial charge in [0.15, 0.2) is 29.6 Å². The number of Topliss-reactive ketones (excluding diaryl/α,β-unsaturated/α-hetero) is 1. The largest absolute Gasteiger partial charge is 0.506 e. The number of benzene rings is 1. The van der Waals surface area contributed by atoms with Gasteiger partial charge in [0.25, 0.3) is 0 Å². The van der Waals surface area contributed by atoms with Crippen molar-refractivity contribution in [2.45, 2.75) is 50.2 Å². The number of nitrogens with two attached hydrogens (primary N) is 3. The van der Waals surface area contributed by atoms with Crippen molar-refractivity contribution >= 4 is 46.8 Å². The molecule has 4 aromatic rings. The highest BCUT2D eigenvalue weighted by atomic mass is 35.5. The maximum atomic E-state index is 15.0. The Kier molecular flexibility index (Phi) is 8.86. The first-order chi connectivity index (χ1) is 19.9. The first-order valence-electron chi connectivity index (χ1n) is 12.4. The van der Waals surface area contributed by atoms with Crippen LogP contribution < -0.4 is 17.2 Å². The molecule has 0 radical (unpaired) electrons. The van der Waals surface area contributed by atoms with Crippen molar-refractivity contribution in [2.24, 2.45) is 5.73 Å². The fraction of sp³-hybridized carbons (Fsp3) is 0.320. The number of ether oxygens (including phenoxy) is 2. The minimum atomic E-state index is -1.71. The third-order valence-electron chi connectivity index (χ3n) is 6.93. The molecule has 43 heavy (non-hydrogen) atoms. The molecule has 0 amide bonds. The van der Waals surface area contributed by atoms with E-state index in [0.29, 0.717) is 11.1 Å². The summed E-state index contributed by atoms with van der Waals surface area (Å²) >= 11 is 0. The molecule has 10 N–H and O–H groups in total. The van der Waals surface area contributed by atoms with Crippen LogP contribution >= 0.6 is 12.4 Å². The Balaban J connectivity index is 0.00000423. The van der Waals surface area contributed by atoms with E-state index in [2.05, 4.69) is 15.2 Å². The van der Waals surface area contributed by atoms with E-state index in [-0.39, 0.29) is 64.0 Å². The van der Waals surface area contributed by atoms with E-state index in [0.717, 1.165) is 6.07 Å². The molecule has 1 aliphatic rings. The van der Waals surface area contributed by atoms with Gasteiger partial charge in [-0.1, -0.05) is 5.16 Å². The molecular weight excluding hydrogens is 597 g/mol. The second-order valence-corrected chi connectivity index (χ2v) is 9.69. The monoisotopic (exact) mass is 623 g/mol. The van der Waals surface area contributed by atoms with Crippen molar-refractivity contribution in [3.05, 3.63) is 42.1 Å². The number of aromatic nitrogens is 4. The molecule has 3 aromatic heterocycles. The smallest absolute Gasteiger partial charge is 0.450 e. The molecule has 4 heterocycles. The summed E-state index contributed by atoms with van der Waals surface area (Å²) in [4.78, 5) is 27.7. The molecule has 230 valence electrons. The topological polar surface area (TPSA) is 268 Å². The van der Waals surface area contributed by atoms with Crippen LogP contribution in [0.4, 0.5) is 20.7 Å². The number of pyridine rings is 1. The van der Waals surface area contributed by atoms with Crippen LogP contribution in [0.1, 0.15) is 17.3 Å². The first-order valence-corrected chi connectivity index (χ1v) is 12.4. The average Bonchev–Trinajstić information content (AvgIpc) is 3.55. The predicted molar refractivity (Wildman–Crippen MR) is 148 cm³/mol. The number of fused-ring (bicyclic) bond motifs is 1. The predicted octanol–water partition coefficient (Wildman–Crippen LogP) is 0.511. The number of aliphatic hydroxyl groups is 3. The van der Waals surface area contributed by atoms with Crippen LogP contribution in [-0.4, -0.2) is 89.0 Å². The molecule has 0 spiro atoms. The van der Waals surface area contributed by atoms with E-state index in [1.54, 1.807) is 0 Å². The lowest BCUT2D eigenvalue weighted by Gasteiger charge is -2.41. The molecule has 16 nitrogen and oxygen atoms in total. The van der Waals surface area contributed by atoms with E-state index in [4.69, 9.17) is 31.2 Å². The minimum Gasteiger partial charge on any atom is -0.450 e. The summed E-state index contributed by atoms with van der Waals surface area (Å²) < 4.78 is 31.8. The highest BCUT2D eigenvalue weighted by Crippen LogP contribution is 2.38. The zero-order chi connectivity index (χ0) is 30.5. The number of carboxylic acid groups (broad SMARTS) is 1. The number of ketones is 1. The summed E-state index contributed by atoms with van der Waals surface area (Å²) in [5.41, 5.74) is 18.3. The number of nitrogens with zero attached hydrogens (tertiary/aromatic N) is 4. The van der Waals surface area contributed by atoms with Crippen LogP contribution in [0.2, 0.25) is 0 Å². The SMILES string of the molecule is CC(=O)c1cc(-c2ncc(-c3cnn(CC(OC(=O)O)[C@@H]4OC(O)[C@H](N)[C@@H](O)[C@@H]4O)c3)c3onc(N)c23)c(F)cc1N.Cl. The fourth-order valence-corrected chi connectivity index (χ4v) is 4.81. The number of carbonyl (C=O) groups is 2. The molecule has 2 unspecified atom stereocenters. The van der Waals surface area contributed by atoms with Gasteiger partial charge in [0.05, 0.1) is 29.9 Å². The molecule has 0 bridgehead atoms. The Labute approximate surface area is 247 Å². The third-order valence-corrected chi connectivity index (χ3v) is 6.93. The summed E-state index contributed by atoms with van der Waals surface area (Å²) in [5.74, 6) is -1.23. The highest BCUT2D eigenvalue weighted by molar-refractivity contribution is 6.06. The number of carbonyl (C=O) groups excluding carboxylic acids is 1. The summed E-state index contributed by atoms with van der Waals surface area (Å²) in [6.45, 7) is 0.970. The maximum Gasteiger partial charge on any atom is 0.506 e. The van der Waals surface area contributed by atoms with Gasteiger partial charge in [0, 0.05) is 40.3 Å². The molecule has 5 rings (SSSR count). The second kappa shape index (κ2) is 12.1. The van der Waals surface area contributed by atoms with Gasteiger partial charge >= 0.3 is 6.16 Å². The Morgan fingerprint density at radius 1 is 1.16 bits per heavy atom. The normalized spacial score (nSPS) is 22.6.